The molecule has 3 heterocycles. The van der Waals surface area contributed by atoms with E-state index >= 15 is 0 Å². The molecule has 1 aliphatic rings. The molecule has 0 aliphatic carbocycles. The van der Waals surface area contributed by atoms with Crippen LogP contribution in [0.15, 0.2) is 49.1 Å². The number of hydrogen-bond acceptors (Lipinski definition) is 4. The summed E-state index contributed by atoms with van der Waals surface area (Å²) in [6.07, 6.45) is 8.41. The van der Waals surface area contributed by atoms with Crippen LogP contribution in [0.2, 0.25) is 5.02 Å². The van der Waals surface area contributed by atoms with Gasteiger partial charge in [0.05, 0.1) is 12.4 Å². The van der Waals surface area contributed by atoms with E-state index in [0.29, 0.717) is 17.3 Å². The summed E-state index contributed by atoms with van der Waals surface area (Å²) in [6.45, 7) is 1.37. The van der Waals surface area contributed by atoms with E-state index in [1.54, 1.807) is 12.4 Å². The van der Waals surface area contributed by atoms with Crippen molar-refractivity contribution < 1.29 is 4.79 Å². The van der Waals surface area contributed by atoms with Crippen LogP contribution in [0.3, 0.4) is 0 Å². The quantitative estimate of drug-likeness (QED) is 0.768. The third-order valence-corrected chi connectivity index (χ3v) is 4.98. The van der Waals surface area contributed by atoms with Gasteiger partial charge in [-0.25, -0.2) is 4.98 Å². The second kappa shape index (κ2) is 7.25. The van der Waals surface area contributed by atoms with Crippen molar-refractivity contribution in [3.63, 3.8) is 0 Å². The van der Waals surface area contributed by atoms with Crippen LogP contribution < -0.4 is 0 Å². The second-order valence-corrected chi connectivity index (χ2v) is 6.82. The van der Waals surface area contributed by atoms with Crippen LogP contribution in [0.25, 0.3) is 11.1 Å². The van der Waals surface area contributed by atoms with Gasteiger partial charge in [-0.2, -0.15) is 5.10 Å². The summed E-state index contributed by atoms with van der Waals surface area (Å²) in [5, 5.41) is 8.09. The number of H-pyrrole nitrogens is 1. The minimum Gasteiger partial charge on any atom is -0.337 e. The molecule has 0 saturated carbocycles. The first-order chi connectivity index (χ1) is 12.7. The SMILES string of the molecule is O=C(c1cnccn1)N1CCCC(c2[nH]ncc2-c2ccc(Cl)cc2)C1. The first-order valence-corrected chi connectivity index (χ1v) is 8.94. The lowest BCUT2D eigenvalue weighted by molar-refractivity contribution is 0.0699. The minimum atomic E-state index is -0.0737. The molecule has 1 aromatic carbocycles. The molecule has 4 rings (SSSR count). The average Bonchev–Trinajstić information content (AvgIpc) is 3.19. The number of hydrogen-bond donors (Lipinski definition) is 1. The molecule has 1 atom stereocenters. The highest BCUT2D eigenvalue weighted by molar-refractivity contribution is 6.30. The van der Waals surface area contributed by atoms with Gasteiger partial charge in [0.25, 0.3) is 5.91 Å². The molecule has 1 saturated heterocycles. The highest BCUT2D eigenvalue weighted by atomic mass is 35.5. The van der Waals surface area contributed by atoms with Crippen molar-refractivity contribution in [2.24, 2.45) is 0 Å². The van der Waals surface area contributed by atoms with Gasteiger partial charge in [-0.05, 0) is 30.5 Å². The van der Waals surface area contributed by atoms with Crippen molar-refractivity contribution >= 4 is 17.5 Å². The number of aromatic nitrogens is 4. The molecule has 6 nitrogen and oxygen atoms in total. The van der Waals surface area contributed by atoms with Gasteiger partial charge in [0, 0.05) is 47.7 Å². The first kappa shape index (κ1) is 16.7. The number of likely N-dealkylation sites (tertiary alicyclic amines) is 1. The van der Waals surface area contributed by atoms with Gasteiger partial charge in [-0.1, -0.05) is 23.7 Å². The topological polar surface area (TPSA) is 74.8 Å². The number of piperidine rings is 1. The van der Waals surface area contributed by atoms with E-state index in [0.717, 1.165) is 36.2 Å². The maximum Gasteiger partial charge on any atom is 0.274 e. The summed E-state index contributed by atoms with van der Waals surface area (Å²) in [4.78, 5) is 22.7. The van der Waals surface area contributed by atoms with Crippen molar-refractivity contribution in [1.29, 1.82) is 0 Å². The Kier molecular flexibility index (Phi) is 4.67. The van der Waals surface area contributed by atoms with Crippen LogP contribution in [0.1, 0.15) is 34.9 Å². The first-order valence-electron chi connectivity index (χ1n) is 8.57. The van der Waals surface area contributed by atoms with Crippen LogP contribution in [-0.2, 0) is 0 Å². The van der Waals surface area contributed by atoms with Gasteiger partial charge in [-0.15, -0.1) is 0 Å². The molecule has 26 heavy (non-hydrogen) atoms. The van der Waals surface area contributed by atoms with Crippen LogP contribution in [0.5, 0.6) is 0 Å². The molecule has 0 radical (unpaired) electrons. The lowest BCUT2D eigenvalue weighted by Crippen LogP contribution is -2.39. The maximum atomic E-state index is 12.7. The molecular weight excluding hydrogens is 350 g/mol. The standard InChI is InChI=1S/C19H18ClN5O/c20-15-5-3-13(4-6-15)16-10-23-24-18(16)14-2-1-9-25(12-14)19(26)17-11-21-7-8-22-17/h3-8,10-11,14H,1-2,9,12H2,(H,23,24). The predicted octanol–water partition coefficient (Wildman–Crippen LogP) is 3.54. The summed E-state index contributed by atoms with van der Waals surface area (Å²) in [5.41, 5.74) is 3.57. The van der Waals surface area contributed by atoms with E-state index in [1.165, 1.54) is 6.20 Å². The Morgan fingerprint density at radius 3 is 2.81 bits per heavy atom. The Morgan fingerprint density at radius 1 is 1.19 bits per heavy atom. The number of nitrogens with zero attached hydrogens (tertiary/aromatic N) is 4. The zero-order valence-corrected chi connectivity index (χ0v) is 14.9. The zero-order chi connectivity index (χ0) is 17.9. The summed E-state index contributed by atoms with van der Waals surface area (Å²) in [5.74, 6) is 0.132. The third-order valence-electron chi connectivity index (χ3n) is 4.72. The number of halogens is 1. The van der Waals surface area contributed by atoms with E-state index in [4.69, 9.17) is 11.6 Å². The Hall–Kier alpha value is -2.73. The third kappa shape index (κ3) is 3.32. The molecule has 3 aromatic rings. The Bertz CT molecular complexity index is 894. The van der Waals surface area contributed by atoms with Gasteiger partial charge in [0.15, 0.2) is 0 Å². The Labute approximate surface area is 156 Å². The molecule has 2 aromatic heterocycles. The summed E-state index contributed by atoms with van der Waals surface area (Å²) < 4.78 is 0. The summed E-state index contributed by atoms with van der Waals surface area (Å²) in [6, 6.07) is 7.72. The average molecular weight is 368 g/mol. The smallest absolute Gasteiger partial charge is 0.274 e. The van der Waals surface area contributed by atoms with Crippen LogP contribution >= 0.6 is 11.6 Å². The lowest BCUT2D eigenvalue weighted by Gasteiger charge is -2.32. The van der Waals surface area contributed by atoms with Gasteiger partial charge < -0.3 is 4.90 Å². The number of benzene rings is 1. The fourth-order valence-electron chi connectivity index (χ4n) is 3.44. The summed E-state index contributed by atoms with van der Waals surface area (Å²) >= 11 is 6.00. The van der Waals surface area contributed by atoms with E-state index in [-0.39, 0.29) is 11.8 Å². The highest BCUT2D eigenvalue weighted by Crippen LogP contribution is 2.33. The fraction of sp³-hybridized carbons (Fsp3) is 0.263. The Morgan fingerprint density at radius 2 is 2.04 bits per heavy atom. The normalized spacial score (nSPS) is 17.3. The Balaban J connectivity index is 1.57. The number of rotatable bonds is 3. The minimum absolute atomic E-state index is 0.0737. The maximum absolute atomic E-state index is 12.7. The number of aromatic amines is 1. The van der Waals surface area contributed by atoms with E-state index in [2.05, 4.69) is 20.2 Å². The number of nitrogens with one attached hydrogen (secondary N) is 1. The lowest BCUT2D eigenvalue weighted by atomic mass is 9.90. The van der Waals surface area contributed by atoms with Crippen LogP contribution in [-0.4, -0.2) is 44.1 Å². The van der Waals surface area contributed by atoms with Crippen molar-refractivity contribution in [2.45, 2.75) is 18.8 Å². The van der Waals surface area contributed by atoms with Crippen molar-refractivity contribution in [1.82, 2.24) is 25.1 Å². The summed E-state index contributed by atoms with van der Waals surface area (Å²) in [7, 11) is 0. The molecule has 1 N–H and O–H groups in total. The number of amides is 1. The van der Waals surface area contributed by atoms with E-state index in [9.17, 15) is 4.79 Å². The van der Waals surface area contributed by atoms with Crippen LogP contribution in [0.4, 0.5) is 0 Å². The highest BCUT2D eigenvalue weighted by Gasteiger charge is 2.28. The predicted molar refractivity (Wildman–Crippen MR) is 98.9 cm³/mol. The molecule has 132 valence electrons. The molecule has 7 heteroatoms. The van der Waals surface area contributed by atoms with E-state index in [1.807, 2.05) is 35.4 Å². The van der Waals surface area contributed by atoms with Gasteiger partial charge in [0.1, 0.15) is 5.69 Å². The molecular formula is C19H18ClN5O. The fourth-order valence-corrected chi connectivity index (χ4v) is 3.56. The largest absolute Gasteiger partial charge is 0.337 e. The van der Waals surface area contributed by atoms with Crippen molar-refractivity contribution in [3.05, 3.63) is 65.5 Å². The van der Waals surface area contributed by atoms with E-state index < -0.39 is 0 Å². The van der Waals surface area contributed by atoms with Gasteiger partial charge in [0.2, 0.25) is 0 Å². The molecule has 1 amide bonds. The molecule has 1 unspecified atom stereocenters. The molecule has 1 aliphatic heterocycles. The van der Waals surface area contributed by atoms with Gasteiger partial charge >= 0.3 is 0 Å². The van der Waals surface area contributed by atoms with Crippen LogP contribution in [0, 0.1) is 0 Å². The van der Waals surface area contributed by atoms with Gasteiger partial charge in [-0.3, -0.25) is 14.9 Å². The number of carbonyl (C=O) groups excluding carboxylic acids is 1. The second-order valence-electron chi connectivity index (χ2n) is 6.39. The molecule has 1 fully saturated rings. The number of carbonyl (C=O) groups is 1. The molecule has 0 spiro atoms. The van der Waals surface area contributed by atoms with Crippen molar-refractivity contribution in [2.75, 3.05) is 13.1 Å². The van der Waals surface area contributed by atoms with Crippen molar-refractivity contribution in [3.8, 4) is 11.1 Å². The molecule has 0 bridgehead atoms. The zero-order valence-electron chi connectivity index (χ0n) is 14.1. The monoisotopic (exact) mass is 367 g/mol.